The van der Waals surface area contributed by atoms with Crippen LogP contribution in [-0.4, -0.2) is 58.9 Å². The number of hydrogen-bond acceptors (Lipinski definition) is 6. The molecule has 8 heteroatoms. The Hall–Kier alpha value is -3.49. The molecular formula is C28H32N3O5+. The predicted molar refractivity (Wildman–Crippen MR) is 133 cm³/mol. The maximum atomic E-state index is 13.6. The zero-order chi connectivity index (χ0) is 25.3. The van der Waals surface area contributed by atoms with Gasteiger partial charge in [-0.1, -0.05) is 65.8 Å². The molecule has 2 bridgehead atoms. The van der Waals surface area contributed by atoms with Crippen LogP contribution in [0.3, 0.4) is 0 Å². The molecule has 0 saturated carbocycles. The molecule has 0 aliphatic carbocycles. The van der Waals surface area contributed by atoms with Crippen molar-refractivity contribution in [3.05, 3.63) is 83.0 Å². The maximum absolute atomic E-state index is 13.6. The van der Waals surface area contributed by atoms with Gasteiger partial charge >= 0.3 is 5.97 Å². The highest BCUT2D eigenvalue weighted by Gasteiger charge is 2.51. The van der Waals surface area contributed by atoms with Crippen LogP contribution in [0.15, 0.2) is 65.2 Å². The molecule has 3 aliphatic rings. The summed E-state index contributed by atoms with van der Waals surface area (Å²) < 4.78 is 11.9. The quantitative estimate of drug-likeness (QED) is 0.389. The first-order valence-electron chi connectivity index (χ1n) is 12.4. The molecular weight excluding hydrogens is 458 g/mol. The Morgan fingerprint density at radius 1 is 1.06 bits per heavy atom. The molecule has 0 radical (unpaired) electrons. The van der Waals surface area contributed by atoms with Crippen LogP contribution < -0.4 is 5.32 Å². The lowest BCUT2D eigenvalue weighted by molar-refractivity contribution is -0.939. The Morgan fingerprint density at radius 2 is 1.64 bits per heavy atom. The highest BCUT2D eigenvalue weighted by Crippen LogP contribution is 2.38. The summed E-state index contributed by atoms with van der Waals surface area (Å²) in [6.45, 7) is 6.19. The van der Waals surface area contributed by atoms with Crippen LogP contribution >= 0.6 is 0 Å². The second-order valence-electron chi connectivity index (χ2n) is 10.1. The summed E-state index contributed by atoms with van der Waals surface area (Å²) in [6, 6.07) is 17.8. The lowest BCUT2D eigenvalue weighted by atomic mass is 9.82. The van der Waals surface area contributed by atoms with Crippen molar-refractivity contribution < 1.29 is 28.4 Å². The second-order valence-corrected chi connectivity index (χ2v) is 10.1. The molecule has 8 nitrogen and oxygen atoms in total. The average molecular weight is 491 g/mol. The van der Waals surface area contributed by atoms with E-state index in [0.717, 1.165) is 37.2 Å². The summed E-state index contributed by atoms with van der Waals surface area (Å²) in [7, 11) is 0. The number of quaternary nitrogens is 1. The van der Waals surface area contributed by atoms with Crippen LogP contribution in [0.4, 0.5) is 5.88 Å². The summed E-state index contributed by atoms with van der Waals surface area (Å²) in [5.74, 6) is -0.243. The number of piperidine rings is 3. The number of aromatic nitrogens is 1. The summed E-state index contributed by atoms with van der Waals surface area (Å²) in [6.07, 6.45) is 1.35. The fourth-order valence-corrected chi connectivity index (χ4v) is 5.56. The number of rotatable bonds is 7. The molecule has 1 amide bonds. The third-order valence-corrected chi connectivity index (χ3v) is 7.87. The van der Waals surface area contributed by atoms with Crippen molar-refractivity contribution in [3.63, 3.8) is 0 Å². The van der Waals surface area contributed by atoms with Gasteiger partial charge in [-0.25, -0.2) is 4.79 Å². The summed E-state index contributed by atoms with van der Waals surface area (Å²) in [5.41, 5.74) is 0.561. The zero-order valence-corrected chi connectivity index (χ0v) is 20.6. The number of esters is 1. The summed E-state index contributed by atoms with van der Waals surface area (Å²) in [5, 5.41) is 18.5. The molecule has 3 aromatic rings. The van der Waals surface area contributed by atoms with Crippen LogP contribution in [0.2, 0.25) is 0 Å². The van der Waals surface area contributed by atoms with Gasteiger partial charge in [0.1, 0.15) is 6.54 Å². The van der Waals surface area contributed by atoms with Crippen LogP contribution in [0.1, 0.15) is 35.2 Å². The Bertz CT molecular complexity index is 1190. The molecule has 3 fully saturated rings. The number of carbonyl (C=O) groups is 2. The van der Waals surface area contributed by atoms with E-state index >= 15 is 0 Å². The van der Waals surface area contributed by atoms with Crippen molar-refractivity contribution in [2.24, 2.45) is 5.92 Å². The van der Waals surface area contributed by atoms with Gasteiger partial charge in [0.05, 0.1) is 18.8 Å². The molecule has 2 N–H and O–H groups in total. The molecule has 3 saturated heterocycles. The number of aryl methyl sites for hydroxylation is 1. The Kier molecular flexibility index (Phi) is 6.40. The normalized spacial score (nSPS) is 23.3. The molecule has 3 aliphatic heterocycles. The van der Waals surface area contributed by atoms with Gasteiger partial charge in [-0.2, -0.15) is 0 Å². The standard InChI is InChI=1S/C28H31N3O5/c1-19-20(2)30-36-26(19)29-25(32)18-31-15-13-21(14-16-31)24(17-31)35-27(33)28(34,22-9-5-3-6-10-22)23-11-7-4-8-12-23/h3-12,21,24,34H,13-18H2,1-2H3/p+1/t21?,24-,31?/m0/s1. The zero-order valence-electron chi connectivity index (χ0n) is 20.6. The fraction of sp³-hybridized carbons (Fsp3) is 0.393. The largest absolute Gasteiger partial charge is 0.453 e. The average Bonchev–Trinajstić information content (AvgIpc) is 3.21. The van der Waals surface area contributed by atoms with E-state index in [4.69, 9.17) is 9.26 Å². The fourth-order valence-electron chi connectivity index (χ4n) is 5.56. The van der Waals surface area contributed by atoms with Crippen molar-refractivity contribution in [2.75, 3.05) is 31.5 Å². The Morgan fingerprint density at radius 3 is 2.17 bits per heavy atom. The van der Waals surface area contributed by atoms with Gasteiger partial charge in [-0.15, -0.1) is 0 Å². The van der Waals surface area contributed by atoms with E-state index in [-0.39, 0.29) is 24.5 Å². The third kappa shape index (κ3) is 4.42. The summed E-state index contributed by atoms with van der Waals surface area (Å²) in [4.78, 5) is 26.6. The number of carbonyl (C=O) groups excluding carboxylic acids is 2. The van der Waals surface area contributed by atoms with Gasteiger partial charge in [-0.05, 0) is 25.0 Å². The molecule has 1 atom stereocenters. The van der Waals surface area contributed by atoms with Crippen LogP contribution in [0.25, 0.3) is 0 Å². The lowest BCUT2D eigenvalue weighted by Gasteiger charge is -2.51. The van der Waals surface area contributed by atoms with E-state index in [0.29, 0.717) is 28.0 Å². The van der Waals surface area contributed by atoms with Gasteiger partial charge in [0.15, 0.2) is 12.6 Å². The van der Waals surface area contributed by atoms with Crippen molar-refractivity contribution in [3.8, 4) is 0 Å². The number of aliphatic hydroxyl groups is 1. The highest BCUT2D eigenvalue weighted by molar-refractivity contribution is 5.91. The molecule has 36 heavy (non-hydrogen) atoms. The number of amides is 1. The highest BCUT2D eigenvalue weighted by atomic mass is 16.6. The van der Waals surface area contributed by atoms with Gasteiger partial charge in [0.2, 0.25) is 11.5 Å². The van der Waals surface area contributed by atoms with Crippen LogP contribution in [-0.2, 0) is 19.9 Å². The Labute approximate surface area is 210 Å². The van der Waals surface area contributed by atoms with Gasteiger partial charge in [0, 0.05) is 24.3 Å². The molecule has 4 heterocycles. The smallest absolute Gasteiger partial charge is 0.348 e. The lowest BCUT2D eigenvalue weighted by Crippen LogP contribution is -2.66. The van der Waals surface area contributed by atoms with E-state index in [1.165, 1.54) is 0 Å². The topological polar surface area (TPSA) is 102 Å². The van der Waals surface area contributed by atoms with Crippen molar-refractivity contribution in [2.45, 2.75) is 38.4 Å². The van der Waals surface area contributed by atoms with Gasteiger partial charge in [0.25, 0.3) is 5.91 Å². The van der Waals surface area contributed by atoms with Crippen LogP contribution in [0, 0.1) is 19.8 Å². The van der Waals surface area contributed by atoms with E-state index in [1.807, 2.05) is 26.0 Å². The minimum absolute atomic E-state index is 0.148. The Balaban J connectivity index is 1.33. The number of benzene rings is 2. The van der Waals surface area contributed by atoms with E-state index < -0.39 is 11.6 Å². The third-order valence-electron chi connectivity index (χ3n) is 7.87. The van der Waals surface area contributed by atoms with Crippen molar-refractivity contribution in [1.29, 1.82) is 0 Å². The number of nitrogens with zero attached hydrogens (tertiary/aromatic N) is 2. The van der Waals surface area contributed by atoms with Crippen molar-refractivity contribution in [1.82, 2.24) is 5.16 Å². The summed E-state index contributed by atoms with van der Waals surface area (Å²) >= 11 is 0. The van der Waals surface area contributed by atoms with E-state index in [9.17, 15) is 14.7 Å². The number of hydrogen-bond donors (Lipinski definition) is 2. The first-order valence-corrected chi connectivity index (χ1v) is 12.4. The number of ether oxygens (including phenoxy) is 1. The second kappa shape index (κ2) is 9.52. The molecule has 0 unspecified atom stereocenters. The van der Waals surface area contributed by atoms with E-state index in [2.05, 4.69) is 10.5 Å². The minimum atomic E-state index is -1.92. The van der Waals surface area contributed by atoms with E-state index in [1.54, 1.807) is 48.5 Å². The first kappa shape index (κ1) is 24.2. The molecule has 1 aromatic heterocycles. The number of anilines is 1. The predicted octanol–water partition coefficient (Wildman–Crippen LogP) is 3.32. The van der Waals surface area contributed by atoms with Crippen molar-refractivity contribution >= 4 is 17.8 Å². The van der Waals surface area contributed by atoms with Crippen LogP contribution in [0.5, 0.6) is 0 Å². The van der Waals surface area contributed by atoms with Gasteiger partial charge in [-0.3, -0.25) is 10.1 Å². The SMILES string of the molecule is Cc1noc(NC(=O)C[N+]23CCC(CC2)[C@@H](OC(=O)C(O)(c2ccccc2)c2ccccc2)C3)c1C. The first-order chi connectivity index (χ1) is 17.3. The molecule has 0 spiro atoms. The molecule has 6 rings (SSSR count). The number of nitrogens with one attached hydrogen (secondary N) is 1. The minimum Gasteiger partial charge on any atom is -0.453 e. The molecule has 2 aromatic carbocycles. The monoisotopic (exact) mass is 490 g/mol. The number of fused-ring (bicyclic) bond motifs is 3. The van der Waals surface area contributed by atoms with Gasteiger partial charge < -0.3 is 18.8 Å². The molecule has 188 valence electrons. The maximum Gasteiger partial charge on any atom is 0.348 e.